The van der Waals surface area contributed by atoms with E-state index in [9.17, 15) is 9.59 Å². The molecule has 2 heterocycles. The number of carbonyl (C=O) groups is 2. The normalized spacial score (nSPS) is 13.7. The molecule has 0 unspecified atom stereocenters. The van der Waals surface area contributed by atoms with E-state index in [1.54, 1.807) is 31.4 Å². The van der Waals surface area contributed by atoms with Gasteiger partial charge >= 0.3 is 0 Å². The third-order valence-electron chi connectivity index (χ3n) is 5.48. The van der Waals surface area contributed by atoms with Gasteiger partial charge in [-0.3, -0.25) is 19.1 Å². The average molecular weight is 469 g/mol. The lowest BCUT2D eigenvalue weighted by molar-refractivity contribution is 0.0679. The molecular weight excluding hydrogens is 448 g/mol. The molecule has 168 valence electrons. The number of rotatable bonds is 6. The van der Waals surface area contributed by atoms with Crippen LogP contribution in [0, 0.1) is 0 Å². The lowest BCUT2D eigenvalue weighted by Gasteiger charge is -2.10. The Labute approximate surface area is 199 Å². The number of imide groups is 1. The number of nitrogens with zero attached hydrogens (tertiary/aromatic N) is 4. The largest absolute Gasteiger partial charge is 0.497 e. The van der Waals surface area contributed by atoms with E-state index in [4.69, 9.17) is 4.74 Å². The van der Waals surface area contributed by atoms with Gasteiger partial charge in [-0.25, -0.2) is 0 Å². The van der Waals surface area contributed by atoms with Gasteiger partial charge in [0.2, 0.25) is 4.80 Å². The second-order valence-electron chi connectivity index (χ2n) is 7.47. The van der Waals surface area contributed by atoms with Gasteiger partial charge in [-0.15, -0.1) is 16.4 Å². The maximum absolute atomic E-state index is 12.5. The Kier molecular flexibility index (Phi) is 5.88. The molecule has 1 aliphatic rings. The van der Waals surface area contributed by atoms with Crippen LogP contribution in [0.5, 0.6) is 5.75 Å². The van der Waals surface area contributed by atoms with Crippen molar-refractivity contribution in [1.82, 2.24) is 9.47 Å². The van der Waals surface area contributed by atoms with Gasteiger partial charge in [0.25, 0.3) is 11.8 Å². The second-order valence-corrected chi connectivity index (χ2v) is 8.30. The maximum atomic E-state index is 12.5. The van der Waals surface area contributed by atoms with Crippen LogP contribution < -0.4 is 9.54 Å². The van der Waals surface area contributed by atoms with Crippen molar-refractivity contribution < 1.29 is 14.3 Å². The minimum absolute atomic E-state index is 0.0535. The Hall–Kier alpha value is -4.30. The molecule has 4 aromatic rings. The van der Waals surface area contributed by atoms with E-state index in [2.05, 4.69) is 10.2 Å². The van der Waals surface area contributed by atoms with Crippen molar-refractivity contribution in [1.29, 1.82) is 0 Å². The van der Waals surface area contributed by atoms with Gasteiger partial charge in [-0.1, -0.05) is 30.3 Å². The van der Waals surface area contributed by atoms with E-state index in [0.717, 1.165) is 22.7 Å². The number of carbonyl (C=O) groups excluding carboxylic acids is 2. The van der Waals surface area contributed by atoms with Crippen LogP contribution in [0.4, 0.5) is 0 Å². The van der Waals surface area contributed by atoms with Gasteiger partial charge in [-0.05, 0) is 54.1 Å². The zero-order chi connectivity index (χ0) is 23.5. The lowest BCUT2D eigenvalue weighted by atomic mass is 10.1. The van der Waals surface area contributed by atoms with Gasteiger partial charge < -0.3 is 4.74 Å². The van der Waals surface area contributed by atoms with Crippen molar-refractivity contribution in [3.63, 3.8) is 0 Å². The van der Waals surface area contributed by atoms with Crippen molar-refractivity contribution in [2.45, 2.75) is 0 Å². The van der Waals surface area contributed by atoms with Crippen molar-refractivity contribution in [2.75, 3.05) is 13.7 Å². The smallest absolute Gasteiger partial charge is 0.261 e. The fraction of sp³-hybridized carbons (Fsp3) is 0.0769. The molecule has 1 aromatic heterocycles. The number of hydrogen-bond acceptors (Lipinski definition) is 6. The summed E-state index contributed by atoms with van der Waals surface area (Å²) in [6.07, 6.45) is 1.48. The van der Waals surface area contributed by atoms with Crippen LogP contribution in [0.1, 0.15) is 20.7 Å². The molecule has 0 N–H and O–H groups in total. The highest BCUT2D eigenvalue weighted by Crippen LogP contribution is 2.25. The maximum Gasteiger partial charge on any atom is 0.261 e. The first-order valence-corrected chi connectivity index (χ1v) is 11.5. The zero-order valence-electron chi connectivity index (χ0n) is 18.3. The third-order valence-corrected chi connectivity index (χ3v) is 6.29. The summed E-state index contributed by atoms with van der Waals surface area (Å²) >= 11 is 1.45. The second kappa shape index (κ2) is 9.29. The number of para-hydroxylation sites is 1. The molecule has 3 aromatic carbocycles. The van der Waals surface area contributed by atoms with E-state index in [1.165, 1.54) is 22.5 Å². The Morgan fingerprint density at radius 3 is 2.18 bits per heavy atom. The minimum atomic E-state index is -0.315. The zero-order valence-corrected chi connectivity index (χ0v) is 19.1. The summed E-state index contributed by atoms with van der Waals surface area (Å²) < 4.78 is 7.29. The van der Waals surface area contributed by atoms with Crippen LogP contribution in [0.2, 0.25) is 0 Å². The van der Waals surface area contributed by atoms with Crippen LogP contribution >= 0.6 is 11.3 Å². The molecule has 8 heteroatoms. The van der Waals surface area contributed by atoms with Gasteiger partial charge in [0, 0.05) is 17.3 Å². The van der Waals surface area contributed by atoms with Crippen molar-refractivity contribution >= 4 is 29.4 Å². The highest BCUT2D eigenvalue weighted by Gasteiger charge is 2.34. The standard InChI is InChI=1S/C26H20N4O3S/c1-33-20-13-11-18(12-14-20)23-17-34-26(30(23)19-7-3-2-4-8-19)28-27-15-16-29-24(31)21-9-5-6-10-22(21)25(29)32/h2-15,17H,16H2,1H3/b27-15+,28-26-. The number of amides is 2. The van der Waals surface area contributed by atoms with Gasteiger partial charge in [-0.2, -0.15) is 5.10 Å². The van der Waals surface area contributed by atoms with Crippen molar-refractivity contribution in [3.8, 4) is 22.7 Å². The fourth-order valence-electron chi connectivity index (χ4n) is 3.78. The topological polar surface area (TPSA) is 76.3 Å². The van der Waals surface area contributed by atoms with Crippen LogP contribution in [0.15, 0.2) is 94.4 Å². The Morgan fingerprint density at radius 2 is 1.53 bits per heavy atom. The molecule has 0 saturated heterocycles. The van der Waals surface area contributed by atoms with E-state index < -0.39 is 0 Å². The molecule has 0 bridgehead atoms. The van der Waals surface area contributed by atoms with E-state index in [-0.39, 0.29) is 18.4 Å². The molecule has 0 aliphatic carbocycles. The molecule has 5 rings (SSSR count). The van der Waals surface area contributed by atoms with Crippen LogP contribution in [-0.4, -0.2) is 41.2 Å². The number of hydrogen-bond donors (Lipinski definition) is 0. The quantitative estimate of drug-likeness (QED) is 0.239. The van der Waals surface area contributed by atoms with Crippen LogP contribution in [0.3, 0.4) is 0 Å². The average Bonchev–Trinajstić information content (AvgIpc) is 3.42. The molecule has 34 heavy (non-hydrogen) atoms. The predicted octanol–water partition coefficient (Wildman–Crippen LogP) is 4.40. The highest BCUT2D eigenvalue weighted by atomic mass is 32.1. The molecule has 0 saturated carbocycles. The number of fused-ring (bicyclic) bond motifs is 1. The molecule has 0 radical (unpaired) electrons. The first-order valence-electron chi connectivity index (χ1n) is 10.6. The summed E-state index contributed by atoms with van der Waals surface area (Å²) in [5, 5.41) is 10.6. The molecule has 2 amide bonds. The molecule has 0 fully saturated rings. The third kappa shape index (κ3) is 3.95. The molecule has 7 nitrogen and oxygen atoms in total. The summed E-state index contributed by atoms with van der Waals surface area (Å²) in [5.74, 6) is 0.154. The highest BCUT2D eigenvalue weighted by molar-refractivity contribution is 7.07. The molecule has 1 aliphatic heterocycles. The molecule has 0 spiro atoms. The minimum Gasteiger partial charge on any atom is -0.497 e. The first-order chi connectivity index (χ1) is 16.7. The van der Waals surface area contributed by atoms with Crippen LogP contribution in [-0.2, 0) is 0 Å². The van der Waals surface area contributed by atoms with E-state index in [0.29, 0.717) is 15.9 Å². The Balaban J connectivity index is 1.45. The number of benzene rings is 3. The van der Waals surface area contributed by atoms with Gasteiger partial charge in [0.05, 0.1) is 30.5 Å². The van der Waals surface area contributed by atoms with E-state index >= 15 is 0 Å². The Bertz CT molecular complexity index is 1420. The fourth-order valence-corrected chi connectivity index (χ4v) is 4.65. The van der Waals surface area contributed by atoms with Gasteiger partial charge in [0.1, 0.15) is 5.75 Å². The Morgan fingerprint density at radius 1 is 0.882 bits per heavy atom. The summed E-state index contributed by atoms with van der Waals surface area (Å²) in [6.45, 7) is 0.0535. The lowest BCUT2D eigenvalue weighted by Crippen LogP contribution is -2.31. The van der Waals surface area contributed by atoms with Crippen LogP contribution in [0.25, 0.3) is 16.9 Å². The summed E-state index contributed by atoms with van der Waals surface area (Å²) in [7, 11) is 1.64. The summed E-state index contributed by atoms with van der Waals surface area (Å²) in [6, 6.07) is 24.5. The summed E-state index contributed by atoms with van der Waals surface area (Å²) in [5.41, 5.74) is 3.76. The molecule has 0 atom stereocenters. The predicted molar refractivity (Wildman–Crippen MR) is 131 cm³/mol. The van der Waals surface area contributed by atoms with Crippen molar-refractivity contribution in [2.24, 2.45) is 10.2 Å². The first kappa shape index (κ1) is 21.5. The number of aromatic nitrogens is 1. The van der Waals surface area contributed by atoms with Crippen molar-refractivity contribution in [3.05, 3.63) is 100 Å². The van der Waals surface area contributed by atoms with E-state index in [1.807, 2.05) is 64.5 Å². The SMILES string of the molecule is COc1ccc(-c2cs/c(=N\N=C\CN3C(=O)c4ccccc4C3=O)n2-c2ccccc2)cc1. The summed E-state index contributed by atoms with van der Waals surface area (Å²) in [4.78, 5) is 26.9. The monoisotopic (exact) mass is 468 g/mol. The van der Waals surface area contributed by atoms with Gasteiger partial charge in [0.15, 0.2) is 0 Å². The number of thiazole rings is 1. The number of methoxy groups -OCH3 is 1. The number of ether oxygens (including phenoxy) is 1. The molecular formula is C26H20N4O3S.